The SMILES string of the molecule is COc1ccc([C@@H]2CC(=O)[C@@H](C(C)C)[C@H](c3ccc(OC)cc3)N2)cc1. The molecule has 2 aromatic rings. The number of hydrogen-bond donors (Lipinski definition) is 1. The number of carbonyl (C=O) groups is 1. The molecule has 0 aromatic heterocycles. The van der Waals surface area contributed by atoms with Gasteiger partial charge in [0.05, 0.1) is 14.2 Å². The van der Waals surface area contributed by atoms with Gasteiger partial charge in [-0.2, -0.15) is 0 Å². The second-order valence-corrected chi connectivity index (χ2v) is 7.18. The van der Waals surface area contributed by atoms with Gasteiger partial charge in [-0.3, -0.25) is 4.79 Å². The molecule has 1 N–H and O–H groups in total. The van der Waals surface area contributed by atoms with Crippen molar-refractivity contribution in [3.8, 4) is 11.5 Å². The van der Waals surface area contributed by atoms with Crippen molar-refractivity contribution in [2.45, 2.75) is 32.4 Å². The molecular formula is C22H27NO3. The van der Waals surface area contributed by atoms with E-state index < -0.39 is 0 Å². The van der Waals surface area contributed by atoms with Gasteiger partial charge in [-0.1, -0.05) is 38.1 Å². The van der Waals surface area contributed by atoms with Gasteiger partial charge in [0.25, 0.3) is 0 Å². The van der Waals surface area contributed by atoms with Gasteiger partial charge in [-0.15, -0.1) is 0 Å². The van der Waals surface area contributed by atoms with Crippen LogP contribution in [0.4, 0.5) is 0 Å². The zero-order valence-electron chi connectivity index (χ0n) is 15.9. The van der Waals surface area contributed by atoms with Gasteiger partial charge in [0, 0.05) is 24.4 Å². The maximum absolute atomic E-state index is 13.0. The number of piperidine rings is 1. The van der Waals surface area contributed by atoms with Crippen molar-refractivity contribution in [2.75, 3.05) is 14.2 Å². The van der Waals surface area contributed by atoms with Gasteiger partial charge in [-0.25, -0.2) is 0 Å². The molecule has 4 nitrogen and oxygen atoms in total. The van der Waals surface area contributed by atoms with E-state index in [9.17, 15) is 4.79 Å². The highest BCUT2D eigenvalue weighted by molar-refractivity contribution is 5.84. The van der Waals surface area contributed by atoms with E-state index in [-0.39, 0.29) is 23.9 Å². The Morgan fingerprint density at radius 1 is 0.885 bits per heavy atom. The molecule has 2 aromatic carbocycles. The van der Waals surface area contributed by atoms with Crippen LogP contribution in [0.15, 0.2) is 48.5 Å². The lowest BCUT2D eigenvalue weighted by Crippen LogP contribution is -2.44. The predicted octanol–water partition coefficient (Wildman–Crippen LogP) is 4.32. The zero-order chi connectivity index (χ0) is 18.7. The molecule has 138 valence electrons. The summed E-state index contributed by atoms with van der Waals surface area (Å²) < 4.78 is 10.5. The number of benzene rings is 2. The second kappa shape index (κ2) is 7.92. The van der Waals surface area contributed by atoms with Gasteiger partial charge >= 0.3 is 0 Å². The van der Waals surface area contributed by atoms with Crippen molar-refractivity contribution >= 4 is 5.78 Å². The number of ether oxygens (including phenoxy) is 2. The average molecular weight is 353 g/mol. The van der Waals surface area contributed by atoms with Gasteiger partial charge < -0.3 is 14.8 Å². The summed E-state index contributed by atoms with van der Waals surface area (Å²) in [6.07, 6.45) is 0.516. The molecule has 0 radical (unpaired) electrons. The lowest BCUT2D eigenvalue weighted by atomic mass is 9.75. The average Bonchev–Trinajstić information content (AvgIpc) is 2.67. The first kappa shape index (κ1) is 18.5. The van der Waals surface area contributed by atoms with E-state index in [1.165, 1.54) is 0 Å². The van der Waals surface area contributed by atoms with Crippen LogP contribution >= 0.6 is 0 Å². The van der Waals surface area contributed by atoms with Gasteiger partial charge in [0.1, 0.15) is 17.3 Å². The molecule has 1 aliphatic heterocycles. The molecule has 0 spiro atoms. The molecule has 1 fully saturated rings. The van der Waals surface area contributed by atoms with Crippen molar-refractivity contribution < 1.29 is 14.3 Å². The monoisotopic (exact) mass is 353 g/mol. The first-order chi connectivity index (χ1) is 12.5. The van der Waals surface area contributed by atoms with Crippen LogP contribution in [0.5, 0.6) is 11.5 Å². The van der Waals surface area contributed by atoms with Crippen LogP contribution in [-0.4, -0.2) is 20.0 Å². The van der Waals surface area contributed by atoms with Crippen LogP contribution in [0.2, 0.25) is 0 Å². The number of rotatable bonds is 5. The van der Waals surface area contributed by atoms with Crippen LogP contribution < -0.4 is 14.8 Å². The Morgan fingerprint density at radius 2 is 1.38 bits per heavy atom. The number of ketones is 1. The van der Waals surface area contributed by atoms with Crippen molar-refractivity contribution in [3.63, 3.8) is 0 Å². The van der Waals surface area contributed by atoms with E-state index in [1.807, 2.05) is 36.4 Å². The summed E-state index contributed by atoms with van der Waals surface area (Å²) in [5.74, 6) is 2.21. The number of Topliss-reactive ketones (excluding diaryl/α,β-unsaturated/α-hetero) is 1. The molecule has 1 saturated heterocycles. The smallest absolute Gasteiger partial charge is 0.140 e. The predicted molar refractivity (Wildman–Crippen MR) is 103 cm³/mol. The Bertz CT molecular complexity index is 737. The molecule has 0 amide bonds. The quantitative estimate of drug-likeness (QED) is 0.870. The maximum Gasteiger partial charge on any atom is 0.140 e. The van der Waals surface area contributed by atoms with Crippen LogP contribution in [0.25, 0.3) is 0 Å². The van der Waals surface area contributed by atoms with Crippen LogP contribution in [0.3, 0.4) is 0 Å². The minimum Gasteiger partial charge on any atom is -0.497 e. The minimum absolute atomic E-state index is 0.00532. The molecule has 26 heavy (non-hydrogen) atoms. The summed E-state index contributed by atoms with van der Waals surface area (Å²) in [7, 11) is 3.32. The van der Waals surface area contributed by atoms with Crippen molar-refractivity contribution in [1.82, 2.24) is 5.32 Å². The zero-order valence-corrected chi connectivity index (χ0v) is 15.9. The number of nitrogens with one attached hydrogen (secondary N) is 1. The Kier molecular flexibility index (Phi) is 5.62. The number of methoxy groups -OCH3 is 2. The topological polar surface area (TPSA) is 47.6 Å². The van der Waals surface area contributed by atoms with Gasteiger partial charge in [-0.05, 0) is 41.3 Å². The largest absolute Gasteiger partial charge is 0.497 e. The van der Waals surface area contributed by atoms with Gasteiger partial charge in [0.15, 0.2) is 0 Å². The Labute approximate surface area is 155 Å². The van der Waals surface area contributed by atoms with Gasteiger partial charge in [0.2, 0.25) is 0 Å². The minimum atomic E-state index is -0.0297. The van der Waals surface area contributed by atoms with Crippen LogP contribution in [0.1, 0.15) is 43.5 Å². The third-order valence-corrected chi connectivity index (χ3v) is 5.23. The standard InChI is InChI=1S/C22H27NO3/c1-14(2)21-20(24)13-19(15-5-9-17(25-3)10-6-15)23-22(21)16-7-11-18(26-4)12-8-16/h5-12,14,19,21-23H,13H2,1-4H3/t19-,21+,22-/m0/s1. The Morgan fingerprint density at radius 3 is 1.85 bits per heavy atom. The molecule has 3 rings (SSSR count). The Hall–Kier alpha value is -2.33. The summed E-state index contributed by atoms with van der Waals surface area (Å²) in [6, 6.07) is 16.0. The lowest BCUT2D eigenvalue weighted by Gasteiger charge is -2.39. The van der Waals surface area contributed by atoms with E-state index >= 15 is 0 Å². The molecule has 0 bridgehead atoms. The fourth-order valence-electron chi connectivity index (χ4n) is 3.82. The maximum atomic E-state index is 13.0. The molecular weight excluding hydrogens is 326 g/mol. The third kappa shape index (κ3) is 3.75. The first-order valence-corrected chi connectivity index (χ1v) is 9.10. The summed E-state index contributed by atoms with van der Waals surface area (Å²) in [5, 5.41) is 3.72. The number of carbonyl (C=O) groups excluding carboxylic acids is 1. The Balaban J connectivity index is 1.90. The summed E-state index contributed by atoms with van der Waals surface area (Å²) in [6.45, 7) is 4.24. The highest BCUT2D eigenvalue weighted by Crippen LogP contribution is 2.39. The fraction of sp³-hybridized carbons (Fsp3) is 0.409. The van der Waals surface area contributed by atoms with E-state index in [4.69, 9.17) is 9.47 Å². The van der Waals surface area contributed by atoms with Crippen LogP contribution in [0, 0.1) is 11.8 Å². The lowest BCUT2D eigenvalue weighted by molar-refractivity contribution is -0.128. The van der Waals surface area contributed by atoms with Crippen molar-refractivity contribution in [2.24, 2.45) is 11.8 Å². The van der Waals surface area contributed by atoms with Crippen molar-refractivity contribution in [3.05, 3.63) is 59.7 Å². The molecule has 0 aliphatic carbocycles. The van der Waals surface area contributed by atoms with E-state index in [0.29, 0.717) is 12.2 Å². The third-order valence-electron chi connectivity index (χ3n) is 5.23. The van der Waals surface area contributed by atoms with E-state index in [1.54, 1.807) is 14.2 Å². The molecule has 0 unspecified atom stereocenters. The molecule has 4 heteroatoms. The molecule has 1 aliphatic rings. The summed E-state index contributed by atoms with van der Waals surface area (Å²) >= 11 is 0. The van der Waals surface area contributed by atoms with Crippen molar-refractivity contribution in [1.29, 1.82) is 0 Å². The molecule has 3 atom stereocenters. The fourth-order valence-corrected chi connectivity index (χ4v) is 3.82. The summed E-state index contributed by atoms with van der Waals surface area (Å²) in [4.78, 5) is 13.0. The highest BCUT2D eigenvalue weighted by Gasteiger charge is 2.39. The molecule has 1 heterocycles. The summed E-state index contributed by atoms with van der Waals surface area (Å²) in [5.41, 5.74) is 2.23. The normalized spacial score (nSPS) is 23.1. The first-order valence-electron chi connectivity index (χ1n) is 9.10. The van der Waals surface area contributed by atoms with E-state index in [2.05, 4.69) is 31.3 Å². The van der Waals surface area contributed by atoms with Crippen LogP contribution in [-0.2, 0) is 4.79 Å². The highest BCUT2D eigenvalue weighted by atomic mass is 16.5. The molecule has 0 saturated carbocycles. The van der Waals surface area contributed by atoms with E-state index in [0.717, 1.165) is 22.6 Å². The second-order valence-electron chi connectivity index (χ2n) is 7.18. The number of hydrogen-bond acceptors (Lipinski definition) is 4.